The Hall–Kier alpha value is -3.17. The highest BCUT2D eigenvalue weighted by molar-refractivity contribution is 7.19. The zero-order valence-electron chi connectivity index (χ0n) is 21.5. The van der Waals surface area contributed by atoms with Crippen LogP contribution in [0.3, 0.4) is 0 Å². The number of hydrogen-bond donors (Lipinski definition) is 2. The summed E-state index contributed by atoms with van der Waals surface area (Å²) in [7, 11) is 0. The number of ether oxygens (including phenoxy) is 1. The number of nitrogens with zero attached hydrogens (tertiary/aromatic N) is 1. The highest BCUT2D eigenvalue weighted by Gasteiger charge is 2.22. The van der Waals surface area contributed by atoms with E-state index in [0.717, 1.165) is 47.0 Å². The third-order valence-electron chi connectivity index (χ3n) is 6.56. The molecular formula is C29H33F2N3O3S. The number of rotatable bonds is 11. The number of benzene rings is 2. The molecule has 1 heterocycles. The van der Waals surface area contributed by atoms with E-state index in [1.165, 1.54) is 30.6 Å². The molecule has 1 atom stereocenters. The molecule has 2 aromatic carbocycles. The van der Waals surface area contributed by atoms with Crippen LogP contribution in [0.15, 0.2) is 48.7 Å². The molecular weight excluding hydrogens is 508 g/mol. The van der Waals surface area contributed by atoms with Gasteiger partial charge >= 0.3 is 0 Å². The molecule has 202 valence electrons. The summed E-state index contributed by atoms with van der Waals surface area (Å²) in [5, 5.41) is 5.92. The van der Waals surface area contributed by atoms with E-state index in [9.17, 15) is 18.4 Å². The highest BCUT2D eigenvalue weighted by Crippen LogP contribution is 2.32. The largest absolute Gasteiger partial charge is 0.374 e. The summed E-state index contributed by atoms with van der Waals surface area (Å²) < 4.78 is 33.1. The van der Waals surface area contributed by atoms with Crippen LogP contribution in [0.4, 0.5) is 13.9 Å². The minimum atomic E-state index is -0.797. The minimum absolute atomic E-state index is 0.200. The molecule has 38 heavy (non-hydrogen) atoms. The second-order valence-electron chi connectivity index (χ2n) is 9.61. The van der Waals surface area contributed by atoms with Crippen LogP contribution in [-0.2, 0) is 27.4 Å². The number of thiazole rings is 1. The topological polar surface area (TPSA) is 80.3 Å². The third-order valence-corrected chi connectivity index (χ3v) is 7.51. The average Bonchev–Trinajstić information content (AvgIpc) is 3.35. The highest BCUT2D eigenvalue weighted by atomic mass is 32.1. The fourth-order valence-corrected chi connectivity index (χ4v) is 5.56. The van der Waals surface area contributed by atoms with Gasteiger partial charge in [0.15, 0.2) is 5.13 Å². The Kier molecular flexibility index (Phi) is 9.95. The molecule has 9 heteroatoms. The SMILES string of the molecule is CCC[C@H](NC(=O)Cc1cc(F)cc(F)c1)C(=O)Nc1ncc(-c2ccccc2COC2CCCCC2)s1. The van der Waals surface area contributed by atoms with Gasteiger partial charge < -0.3 is 15.4 Å². The number of nitrogens with one attached hydrogen (secondary N) is 2. The normalized spacial score (nSPS) is 14.7. The number of hydrogen-bond acceptors (Lipinski definition) is 5. The van der Waals surface area contributed by atoms with Crippen molar-refractivity contribution in [3.8, 4) is 10.4 Å². The molecule has 4 rings (SSSR count). The quantitative estimate of drug-likeness (QED) is 0.294. The van der Waals surface area contributed by atoms with Crippen LogP contribution in [0.25, 0.3) is 10.4 Å². The van der Waals surface area contributed by atoms with Crippen molar-refractivity contribution >= 4 is 28.3 Å². The van der Waals surface area contributed by atoms with Crippen molar-refractivity contribution in [3.63, 3.8) is 0 Å². The molecule has 2 N–H and O–H groups in total. The predicted molar refractivity (Wildman–Crippen MR) is 145 cm³/mol. The van der Waals surface area contributed by atoms with Crippen LogP contribution in [0.2, 0.25) is 0 Å². The van der Waals surface area contributed by atoms with E-state index in [4.69, 9.17) is 4.74 Å². The fourth-order valence-electron chi connectivity index (χ4n) is 4.68. The first kappa shape index (κ1) is 27.9. The van der Waals surface area contributed by atoms with E-state index in [1.54, 1.807) is 6.20 Å². The van der Waals surface area contributed by atoms with Gasteiger partial charge in [0.05, 0.1) is 24.0 Å². The average molecular weight is 542 g/mol. The first-order valence-corrected chi connectivity index (χ1v) is 13.9. The molecule has 0 saturated heterocycles. The summed E-state index contributed by atoms with van der Waals surface area (Å²) >= 11 is 1.36. The fraction of sp³-hybridized carbons (Fsp3) is 0.414. The van der Waals surface area contributed by atoms with Gasteiger partial charge in [-0.15, -0.1) is 0 Å². The van der Waals surface area contributed by atoms with Crippen molar-refractivity contribution in [2.45, 2.75) is 77.0 Å². The van der Waals surface area contributed by atoms with Crippen molar-refractivity contribution in [3.05, 3.63) is 71.4 Å². The summed E-state index contributed by atoms with van der Waals surface area (Å²) in [5.41, 5.74) is 2.29. The standard InChI is InChI=1S/C29H33F2N3O3S/c1-2-8-25(33-27(35)15-19-13-21(30)16-22(31)14-19)28(36)34-29-32-17-26(38-29)24-12-7-6-9-20(24)18-37-23-10-4-3-5-11-23/h6-7,9,12-14,16-17,23,25H,2-5,8,10-11,15,18H2,1H3,(H,33,35)(H,32,34,36)/t25-/m0/s1. The molecule has 1 aliphatic carbocycles. The summed E-state index contributed by atoms with van der Waals surface area (Å²) in [6.45, 7) is 2.43. The van der Waals surface area contributed by atoms with Gasteiger partial charge in [0.2, 0.25) is 11.8 Å². The van der Waals surface area contributed by atoms with Gasteiger partial charge in [-0.25, -0.2) is 13.8 Å². The molecule has 1 fully saturated rings. The Morgan fingerprint density at radius 1 is 1.11 bits per heavy atom. The van der Waals surface area contributed by atoms with Gasteiger partial charge in [-0.05, 0) is 48.1 Å². The predicted octanol–water partition coefficient (Wildman–Crippen LogP) is 6.40. The number of halogens is 2. The van der Waals surface area contributed by atoms with Crippen LogP contribution in [0.1, 0.15) is 63.0 Å². The lowest BCUT2D eigenvalue weighted by atomic mass is 9.97. The summed E-state index contributed by atoms with van der Waals surface area (Å²) in [5.74, 6) is -2.38. The summed E-state index contributed by atoms with van der Waals surface area (Å²) in [4.78, 5) is 30.8. The smallest absolute Gasteiger partial charge is 0.248 e. The van der Waals surface area contributed by atoms with E-state index in [-0.39, 0.29) is 17.9 Å². The molecule has 0 spiro atoms. The molecule has 2 amide bonds. The Balaban J connectivity index is 1.38. The lowest BCUT2D eigenvalue weighted by Gasteiger charge is -2.22. The number of amides is 2. The van der Waals surface area contributed by atoms with Gasteiger partial charge in [-0.2, -0.15) is 0 Å². The van der Waals surface area contributed by atoms with Crippen molar-refractivity contribution in [1.82, 2.24) is 10.3 Å². The maximum atomic E-state index is 13.5. The van der Waals surface area contributed by atoms with Crippen LogP contribution < -0.4 is 10.6 Å². The number of carbonyl (C=O) groups excluding carboxylic acids is 2. The van der Waals surface area contributed by atoms with Gasteiger partial charge in [-0.3, -0.25) is 9.59 Å². The maximum absolute atomic E-state index is 13.5. The van der Waals surface area contributed by atoms with Crippen molar-refractivity contribution < 1.29 is 23.1 Å². The monoisotopic (exact) mass is 541 g/mol. The molecule has 0 aliphatic heterocycles. The van der Waals surface area contributed by atoms with Crippen LogP contribution in [0.5, 0.6) is 0 Å². The molecule has 1 aromatic heterocycles. The van der Waals surface area contributed by atoms with Crippen LogP contribution >= 0.6 is 11.3 Å². The second kappa shape index (κ2) is 13.6. The molecule has 0 bridgehead atoms. The van der Waals surface area contributed by atoms with Crippen molar-refractivity contribution in [1.29, 1.82) is 0 Å². The summed E-state index contributed by atoms with van der Waals surface area (Å²) in [6.07, 6.45) is 8.79. The zero-order valence-corrected chi connectivity index (χ0v) is 22.3. The number of carbonyl (C=O) groups is 2. The van der Waals surface area contributed by atoms with E-state index in [0.29, 0.717) is 30.7 Å². The second-order valence-corrected chi connectivity index (χ2v) is 10.6. The molecule has 0 unspecified atom stereocenters. The van der Waals surface area contributed by atoms with Crippen molar-refractivity contribution in [2.24, 2.45) is 0 Å². The summed E-state index contributed by atoms with van der Waals surface area (Å²) in [6, 6.07) is 10.2. The van der Waals surface area contributed by atoms with E-state index in [2.05, 4.69) is 15.6 Å². The lowest BCUT2D eigenvalue weighted by Crippen LogP contribution is -2.44. The Bertz CT molecular complexity index is 1220. The van der Waals surface area contributed by atoms with Gasteiger partial charge in [0.25, 0.3) is 0 Å². The van der Waals surface area contributed by atoms with Crippen LogP contribution in [0, 0.1) is 11.6 Å². The van der Waals surface area contributed by atoms with Gasteiger partial charge in [0, 0.05) is 12.3 Å². The zero-order chi connectivity index (χ0) is 26.9. The maximum Gasteiger partial charge on any atom is 0.248 e. The third kappa shape index (κ3) is 7.91. The minimum Gasteiger partial charge on any atom is -0.374 e. The molecule has 1 saturated carbocycles. The Labute approximate surface area is 225 Å². The van der Waals surface area contributed by atoms with Gasteiger partial charge in [-0.1, -0.05) is 68.2 Å². The van der Waals surface area contributed by atoms with E-state index in [1.807, 2.05) is 31.2 Å². The number of anilines is 1. The Morgan fingerprint density at radius 3 is 2.58 bits per heavy atom. The molecule has 1 aliphatic rings. The first-order chi connectivity index (χ1) is 18.4. The van der Waals surface area contributed by atoms with Crippen LogP contribution in [-0.4, -0.2) is 28.9 Å². The first-order valence-electron chi connectivity index (χ1n) is 13.1. The molecule has 6 nitrogen and oxygen atoms in total. The van der Waals surface area contributed by atoms with E-state index < -0.39 is 23.6 Å². The molecule has 0 radical (unpaired) electrons. The lowest BCUT2D eigenvalue weighted by molar-refractivity contribution is -0.126. The van der Waals surface area contributed by atoms with Crippen molar-refractivity contribution in [2.75, 3.05) is 5.32 Å². The van der Waals surface area contributed by atoms with E-state index >= 15 is 0 Å². The number of aromatic nitrogens is 1. The Morgan fingerprint density at radius 2 is 1.84 bits per heavy atom. The van der Waals surface area contributed by atoms with Gasteiger partial charge in [0.1, 0.15) is 17.7 Å². The molecule has 3 aromatic rings.